The largest absolute Gasteiger partial charge is 0.195 e. The number of aryl methyl sites for hydroxylation is 2. The van der Waals surface area contributed by atoms with Crippen molar-refractivity contribution in [2.45, 2.75) is 33.1 Å². The van der Waals surface area contributed by atoms with Crippen molar-refractivity contribution in [1.82, 2.24) is 0 Å². The zero-order chi connectivity index (χ0) is 19.8. The Morgan fingerprint density at radius 3 is 2.21 bits per heavy atom. The van der Waals surface area contributed by atoms with Crippen LogP contribution in [0.25, 0.3) is 11.1 Å². The first-order valence-electron chi connectivity index (χ1n) is 9.59. The van der Waals surface area contributed by atoms with Crippen LogP contribution in [0.1, 0.15) is 42.0 Å². The summed E-state index contributed by atoms with van der Waals surface area (Å²) in [5, 5.41) is 2.39. The van der Waals surface area contributed by atoms with E-state index in [1.807, 2.05) is 24.3 Å². The lowest BCUT2D eigenvalue weighted by molar-refractivity contribution is 0.795. The molecule has 1 nitrogen and oxygen atoms in total. The molecule has 0 aliphatic heterocycles. The molecule has 0 aliphatic carbocycles. The molecule has 0 aliphatic rings. The summed E-state index contributed by atoms with van der Waals surface area (Å²) in [6.45, 7) is 4.32. The van der Waals surface area contributed by atoms with Gasteiger partial charge in [0.2, 0.25) is 0 Å². The monoisotopic (exact) mass is 381 g/mol. The highest BCUT2D eigenvalue weighted by atomic mass is 32.1. The molecule has 3 aromatic carbocycles. The standard InChI is InChI=1S/C26H23NS/c1-3-4-5-21-6-8-22(9-7-21)10-11-23-12-13-25(18-20(23)2)24-14-16-26(17-15-24)27-19-28/h6-9,12-18H,3-5H2,1-2H3. The van der Waals surface area contributed by atoms with Gasteiger partial charge < -0.3 is 0 Å². The Balaban J connectivity index is 1.76. The average molecular weight is 382 g/mol. The van der Waals surface area contributed by atoms with Gasteiger partial charge in [0, 0.05) is 11.1 Å². The van der Waals surface area contributed by atoms with Crippen molar-refractivity contribution >= 4 is 23.1 Å². The Morgan fingerprint density at radius 1 is 0.857 bits per heavy atom. The van der Waals surface area contributed by atoms with Gasteiger partial charge in [0.1, 0.15) is 0 Å². The number of hydrogen-bond acceptors (Lipinski definition) is 2. The normalized spacial score (nSPS) is 9.93. The van der Waals surface area contributed by atoms with Crippen LogP contribution in [0.15, 0.2) is 71.7 Å². The van der Waals surface area contributed by atoms with Crippen molar-refractivity contribution in [3.05, 3.63) is 89.0 Å². The minimum absolute atomic E-state index is 0.818. The molecule has 0 saturated heterocycles. The molecule has 0 bridgehead atoms. The second kappa shape index (κ2) is 9.81. The maximum atomic E-state index is 4.65. The third kappa shape index (κ3) is 5.27. The van der Waals surface area contributed by atoms with Crippen molar-refractivity contribution in [3.8, 4) is 23.0 Å². The molecule has 3 aromatic rings. The molecule has 0 spiro atoms. The molecule has 0 N–H and O–H groups in total. The van der Waals surface area contributed by atoms with Crippen LogP contribution in [0.5, 0.6) is 0 Å². The highest BCUT2D eigenvalue weighted by Crippen LogP contribution is 2.24. The SMILES string of the molecule is CCCCc1ccc(C#Cc2ccc(-c3ccc(N=C=S)cc3)cc2C)cc1. The van der Waals surface area contributed by atoms with Crippen LogP contribution in [0, 0.1) is 18.8 Å². The van der Waals surface area contributed by atoms with Crippen LogP contribution >= 0.6 is 12.2 Å². The third-order valence-corrected chi connectivity index (χ3v) is 4.81. The Bertz CT molecular complexity index is 1040. The number of benzene rings is 3. The minimum atomic E-state index is 0.818. The number of unbranched alkanes of at least 4 members (excludes halogenated alkanes) is 1. The van der Waals surface area contributed by atoms with E-state index in [2.05, 4.69) is 90.5 Å². The first kappa shape index (κ1) is 19.8. The number of hydrogen-bond donors (Lipinski definition) is 0. The average Bonchev–Trinajstić information content (AvgIpc) is 2.73. The Morgan fingerprint density at radius 2 is 1.57 bits per heavy atom. The predicted octanol–water partition coefficient (Wildman–Crippen LogP) is 7.14. The minimum Gasteiger partial charge on any atom is -0.195 e. The first-order chi connectivity index (χ1) is 13.7. The van der Waals surface area contributed by atoms with Gasteiger partial charge in [-0.3, -0.25) is 0 Å². The molecule has 3 rings (SSSR count). The molecule has 2 heteroatoms. The zero-order valence-corrected chi connectivity index (χ0v) is 17.1. The van der Waals surface area contributed by atoms with Crippen LogP contribution in [0.4, 0.5) is 5.69 Å². The zero-order valence-electron chi connectivity index (χ0n) is 16.3. The molecule has 0 atom stereocenters. The van der Waals surface area contributed by atoms with Crippen molar-refractivity contribution in [1.29, 1.82) is 0 Å². The fourth-order valence-corrected chi connectivity index (χ4v) is 3.15. The third-order valence-electron chi connectivity index (χ3n) is 4.72. The molecule has 0 amide bonds. The van der Waals surface area contributed by atoms with Crippen molar-refractivity contribution in [3.63, 3.8) is 0 Å². The van der Waals surface area contributed by atoms with Gasteiger partial charge in [-0.15, -0.1) is 0 Å². The summed E-state index contributed by atoms with van der Waals surface area (Å²) >= 11 is 4.65. The summed E-state index contributed by atoms with van der Waals surface area (Å²) in [5.74, 6) is 6.60. The van der Waals surface area contributed by atoms with Crippen LogP contribution in [-0.2, 0) is 6.42 Å². The summed E-state index contributed by atoms with van der Waals surface area (Å²) in [5.41, 5.74) is 7.80. The number of rotatable bonds is 5. The topological polar surface area (TPSA) is 12.4 Å². The van der Waals surface area contributed by atoms with Gasteiger partial charge >= 0.3 is 0 Å². The number of aliphatic imine (C=N–C) groups is 1. The fourth-order valence-electron chi connectivity index (χ4n) is 3.04. The lowest BCUT2D eigenvalue weighted by Crippen LogP contribution is -1.86. The van der Waals surface area contributed by atoms with Gasteiger partial charge in [0.25, 0.3) is 0 Å². The first-order valence-corrected chi connectivity index (χ1v) is 10.0. The lowest BCUT2D eigenvalue weighted by atomic mass is 9.99. The second-order valence-electron chi connectivity index (χ2n) is 6.83. The Hall–Kier alpha value is -2.98. The summed E-state index contributed by atoms with van der Waals surface area (Å²) in [6.07, 6.45) is 3.60. The molecular formula is C26H23NS. The van der Waals surface area contributed by atoms with Crippen LogP contribution < -0.4 is 0 Å². The van der Waals surface area contributed by atoms with E-state index in [0.29, 0.717) is 0 Å². The summed E-state index contributed by atoms with van der Waals surface area (Å²) in [6, 6.07) is 23.0. The molecular weight excluding hydrogens is 358 g/mol. The van der Waals surface area contributed by atoms with Crippen LogP contribution in [0.2, 0.25) is 0 Å². The number of thiocarbonyl (C=S) groups is 1. The molecule has 0 aromatic heterocycles. The number of nitrogens with zero attached hydrogens (tertiary/aromatic N) is 1. The predicted molar refractivity (Wildman–Crippen MR) is 122 cm³/mol. The maximum Gasteiger partial charge on any atom is 0.0739 e. The van der Waals surface area contributed by atoms with Crippen molar-refractivity contribution in [2.75, 3.05) is 0 Å². The maximum absolute atomic E-state index is 4.65. The summed E-state index contributed by atoms with van der Waals surface area (Å²) in [7, 11) is 0. The van der Waals surface area contributed by atoms with E-state index >= 15 is 0 Å². The molecule has 0 fully saturated rings. The smallest absolute Gasteiger partial charge is 0.0739 e. The molecule has 138 valence electrons. The highest BCUT2D eigenvalue weighted by Gasteiger charge is 2.01. The molecule has 0 heterocycles. The fraction of sp³-hybridized carbons (Fsp3) is 0.192. The van der Waals surface area contributed by atoms with Gasteiger partial charge in [0.05, 0.1) is 10.8 Å². The van der Waals surface area contributed by atoms with E-state index in [0.717, 1.165) is 28.8 Å². The quantitative estimate of drug-likeness (QED) is 0.260. The van der Waals surface area contributed by atoms with E-state index in [1.54, 1.807) is 0 Å². The van der Waals surface area contributed by atoms with E-state index < -0.39 is 0 Å². The van der Waals surface area contributed by atoms with Crippen molar-refractivity contribution < 1.29 is 0 Å². The number of isothiocyanates is 1. The van der Waals surface area contributed by atoms with Crippen LogP contribution in [-0.4, -0.2) is 5.16 Å². The van der Waals surface area contributed by atoms with E-state index in [4.69, 9.17) is 0 Å². The molecule has 28 heavy (non-hydrogen) atoms. The van der Waals surface area contributed by atoms with Gasteiger partial charge in [-0.2, -0.15) is 4.99 Å². The highest BCUT2D eigenvalue weighted by molar-refractivity contribution is 7.78. The van der Waals surface area contributed by atoms with Gasteiger partial charge in [-0.05, 0) is 84.6 Å². The Labute approximate surface area is 173 Å². The van der Waals surface area contributed by atoms with Gasteiger partial charge in [0.15, 0.2) is 0 Å². The summed E-state index contributed by atoms with van der Waals surface area (Å²) in [4.78, 5) is 3.99. The van der Waals surface area contributed by atoms with Crippen molar-refractivity contribution in [2.24, 2.45) is 4.99 Å². The molecule has 0 radical (unpaired) electrons. The summed E-state index contributed by atoms with van der Waals surface area (Å²) < 4.78 is 0. The van der Waals surface area contributed by atoms with Gasteiger partial charge in [-0.25, -0.2) is 0 Å². The Kier molecular flexibility index (Phi) is 6.93. The molecule has 0 saturated carbocycles. The van der Waals surface area contributed by atoms with Crippen LogP contribution in [0.3, 0.4) is 0 Å². The van der Waals surface area contributed by atoms with E-state index in [-0.39, 0.29) is 0 Å². The van der Waals surface area contributed by atoms with Gasteiger partial charge in [-0.1, -0.05) is 61.6 Å². The lowest BCUT2D eigenvalue weighted by Gasteiger charge is -2.05. The van der Waals surface area contributed by atoms with E-state index in [1.165, 1.54) is 29.5 Å². The second-order valence-corrected chi connectivity index (χ2v) is 7.01. The molecule has 0 unspecified atom stereocenters. The van der Waals surface area contributed by atoms with E-state index in [9.17, 15) is 0 Å².